The Morgan fingerprint density at radius 1 is 1.39 bits per heavy atom. The van der Waals surface area contributed by atoms with E-state index in [0.29, 0.717) is 47.6 Å². The molecule has 0 spiro atoms. The molecule has 2 aliphatic heterocycles. The molecule has 0 aliphatic carbocycles. The van der Waals surface area contributed by atoms with Gasteiger partial charge in [0, 0.05) is 47.5 Å². The molecular formula is C26H35ClN6O4S. The van der Waals surface area contributed by atoms with Crippen molar-refractivity contribution in [3.8, 4) is 0 Å². The second-order valence-corrected chi connectivity index (χ2v) is 10.6. The van der Waals surface area contributed by atoms with E-state index < -0.39 is 12.3 Å². The highest BCUT2D eigenvalue weighted by molar-refractivity contribution is 7.13. The minimum absolute atomic E-state index is 0.0379. The van der Waals surface area contributed by atoms with Gasteiger partial charge in [-0.1, -0.05) is 17.7 Å². The second-order valence-electron chi connectivity index (χ2n) is 8.86. The van der Waals surface area contributed by atoms with Crippen molar-refractivity contribution in [3.05, 3.63) is 50.3 Å². The molecule has 0 aromatic carbocycles. The van der Waals surface area contributed by atoms with E-state index in [1.807, 2.05) is 13.0 Å². The van der Waals surface area contributed by atoms with E-state index in [1.165, 1.54) is 17.5 Å². The SMILES string of the molecule is C=N/C=C\C(=C/C)[C@@H](CO)NC(=O)CN1Cc2sc(C(/N=C(\N=C)NC3CCOCC3)=C(/C)Cl)cc2C1O. The molecule has 1 saturated heterocycles. The molecule has 4 N–H and O–H groups in total. The van der Waals surface area contributed by atoms with E-state index in [4.69, 9.17) is 16.3 Å². The zero-order valence-electron chi connectivity index (χ0n) is 21.7. The number of hydrogen-bond acceptors (Lipinski definition) is 8. The number of carbonyl (C=O) groups is 1. The number of fused-ring (bicyclic) bond motifs is 1. The van der Waals surface area contributed by atoms with Crippen LogP contribution in [-0.4, -0.2) is 78.9 Å². The standard InChI is InChI=1S/C26H35ClN6O4S/c1-5-17(6-9-28-3)20(15-34)31-23(35)14-33-13-22-19(25(33)36)12-21(38-22)24(16(2)27)32-26(29-4)30-18-7-10-37-11-8-18/h5-6,9,12,18,20,25,34,36H,3-4,7-8,10-11,13-15H2,1-2H3,(H,30,32)(H,31,35)/b9-6-,17-5+,24-16+/t20-,25?/m1/s1. The van der Waals surface area contributed by atoms with Gasteiger partial charge in [-0.2, -0.15) is 0 Å². The predicted octanol–water partition coefficient (Wildman–Crippen LogP) is 2.94. The lowest BCUT2D eigenvalue weighted by atomic mass is 10.1. The molecule has 206 valence electrons. The van der Waals surface area contributed by atoms with Crippen LogP contribution in [0.4, 0.5) is 0 Å². The fourth-order valence-electron chi connectivity index (χ4n) is 4.27. The lowest BCUT2D eigenvalue weighted by Crippen LogP contribution is -2.44. The van der Waals surface area contributed by atoms with Gasteiger partial charge in [-0.05, 0) is 57.8 Å². The van der Waals surface area contributed by atoms with Crippen molar-refractivity contribution in [1.29, 1.82) is 0 Å². The van der Waals surface area contributed by atoms with E-state index in [-0.39, 0.29) is 25.1 Å². The second kappa shape index (κ2) is 14.5. The number of aliphatic hydroxyl groups excluding tert-OH is 2. The molecule has 1 aromatic heterocycles. The van der Waals surface area contributed by atoms with E-state index in [0.717, 1.165) is 22.6 Å². The zero-order valence-corrected chi connectivity index (χ0v) is 23.3. The van der Waals surface area contributed by atoms with Gasteiger partial charge in [-0.15, -0.1) is 11.3 Å². The summed E-state index contributed by atoms with van der Waals surface area (Å²) in [6, 6.07) is 1.46. The number of amides is 1. The predicted molar refractivity (Wildman–Crippen MR) is 154 cm³/mol. The molecule has 0 radical (unpaired) electrons. The maximum Gasteiger partial charge on any atom is 0.234 e. The quantitative estimate of drug-likeness (QED) is 0.197. The van der Waals surface area contributed by atoms with Crippen molar-refractivity contribution >= 4 is 53.9 Å². The summed E-state index contributed by atoms with van der Waals surface area (Å²) in [6.45, 7) is 12.0. The molecule has 3 rings (SSSR count). The Balaban J connectivity index is 1.68. The third-order valence-corrected chi connectivity index (χ3v) is 7.59. The molecule has 0 bridgehead atoms. The van der Waals surface area contributed by atoms with Crippen molar-refractivity contribution < 1.29 is 19.7 Å². The van der Waals surface area contributed by atoms with Gasteiger partial charge in [0.2, 0.25) is 11.9 Å². The lowest BCUT2D eigenvalue weighted by Gasteiger charge is -2.23. The summed E-state index contributed by atoms with van der Waals surface area (Å²) in [4.78, 5) is 28.5. The summed E-state index contributed by atoms with van der Waals surface area (Å²) in [6.07, 6.45) is 5.71. The first-order valence-electron chi connectivity index (χ1n) is 12.3. The van der Waals surface area contributed by atoms with Gasteiger partial charge in [0.05, 0.1) is 29.8 Å². The highest BCUT2D eigenvalue weighted by Gasteiger charge is 2.33. The number of guanidine groups is 1. The number of nitrogens with zero attached hydrogens (tertiary/aromatic N) is 4. The number of hydrogen-bond donors (Lipinski definition) is 4. The monoisotopic (exact) mass is 562 g/mol. The molecule has 0 saturated carbocycles. The summed E-state index contributed by atoms with van der Waals surface area (Å²) >= 11 is 7.87. The molecule has 10 nitrogen and oxygen atoms in total. The van der Waals surface area contributed by atoms with Crippen LogP contribution in [0.2, 0.25) is 0 Å². The number of aliphatic hydroxyl groups is 2. The minimum Gasteiger partial charge on any atom is -0.394 e. The third-order valence-electron chi connectivity index (χ3n) is 6.27. The van der Waals surface area contributed by atoms with E-state index >= 15 is 0 Å². The first-order chi connectivity index (χ1) is 18.3. The fraction of sp³-hybridized carbons (Fsp3) is 0.462. The van der Waals surface area contributed by atoms with Crippen LogP contribution in [0, 0.1) is 0 Å². The largest absolute Gasteiger partial charge is 0.394 e. The van der Waals surface area contributed by atoms with Gasteiger partial charge in [-0.25, -0.2) is 9.98 Å². The number of halogens is 1. The van der Waals surface area contributed by atoms with Crippen LogP contribution in [0.3, 0.4) is 0 Å². The van der Waals surface area contributed by atoms with Gasteiger partial charge in [0.15, 0.2) is 0 Å². The molecule has 1 unspecified atom stereocenters. The normalized spacial score (nSPS) is 20.7. The van der Waals surface area contributed by atoms with Gasteiger partial charge in [-0.3, -0.25) is 14.7 Å². The van der Waals surface area contributed by atoms with Gasteiger partial charge >= 0.3 is 0 Å². The number of carbonyl (C=O) groups excluding carboxylic acids is 1. The van der Waals surface area contributed by atoms with Crippen LogP contribution in [0.25, 0.3) is 5.70 Å². The Morgan fingerprint density at radius 2 is 2.13 bits per heavy atom. The molecule has 3 heterocycles. The molecule has 2 aliphatic rings. The Kier molecular flexibility index (Phi) is 11.4. The minimum atomic E-state index is -0.961. The van der Waals surface area contributed by atoms with Crippen LogP contribution in [0.15, 0.2) is 50.0 Å². The maximum absolute atomic E-state index is 12.7. The summed E-state index contributed by atoms with van der Waals surface area (Å²) in [5, 5.41) is 27.3. The molecule has 38 heavy (non-hydrogen) atoms. The van der Waals surface area contributed by atoms with Gasteiger partial charge in [0.1, 0.15) is 6.23 Å². The lowest BCUT2D eigenvalue weighted by molar-refractivity contribution is -0.125. The Morgan fingerprint density at radius 3 is 2.71 bits per heavy atom. The Hall–Kier alpha value is -2.67. The maximum atomic E-state index is 12.7. The van der Waals surface area contributed by atoms with Crippen molar-refractivity contribution in [1.82, 2.24) is 15.5 Å². The van der Waals surface area contributed by atoms with Crippen LogP contribution in [-0.2, 0) is 16.1 Å². The van der Waals surface area contributed by atoms with E-state index in [9.17, 15) is 15.0 Å². The molecule has 1 fully saturated rings. The Bertz CT molecular complexity index is 1130. The Labute approximate surface area is 232 Å². The van der Waals surface area contributed by atoms with Crippen molar-refractivity contribution in [2.75, 3.05) is 26.4 Å². The highest BCUT2D eigenvalue weighted by Crippen LogP contribution is 2.41. The van der Waals surface area contributed by atoms with Crippen LogP contribution in [0.5, 0.6) is 0 Å². The topological polar surface area (TPSA) is 131 Å². The molecule has 12 heteroatoms. The number of aliphatic imine (C=N–C) groups is 3. The van der Waals surface area contributed by atoms with Crippen LogP contribution < -0.4 is 10.6 Å². The zero-order chi connectivity index (χ0) is 27.7. The number of ether oxygens (including phenoxy) is 1. The summed E-state index contributed by atoms with van der Waals surface area (Å²) < 4.78 is 5.41. The van der Waals surface area contributed by atoms with Crippen molar-refractivity contribution in [3.63, 3.8) is 0 Å². The number of allylic oxidation sites excluding steroid dienone is 2. The van der Waals surface area contributed by atoms with Crippen LogP contribution in [0.1, 0.15) is 48.2 Å². The first-order valence-corrected chi connectivity index (χ1v) is 13.5. The van der Waals surface area contributed by atoms with Gasteiger partial charge in [0.25, 0.3) is 0 Å². The number of thiophene rings is 1. The third kappa shape index (κ3) is 7.68. The van der Waals surface area contributed by atoms with Gasteiger partial charge < -0.3 is 25.6 Å². The summed E-state index contributed by atoms with van der Waals surface area (Å²) in [7, 11) is 0. The fourth-order valence-corrected chi connectivity index (χ4v) is 5.73. The average Bonchev–Trinajstić information content (AvgIpc) is 3.44. The molecule has 1 aromatic rings. The molecule has 2 atom stereocenters. The average molecular weight is 563 g/mol. The highest BCUT2D eigenvalue weighted by atomic mass is 35.5. The smallest absolute Gasteiger partial charge is 0.234 e. The number of rotatable bonds is 10. The van der Waals surface area contributed by atoms with Crippen molar-refractivity contribution in [2.24, 2.45) is 15.0 Å². The molecule has 1 amide bonds. The van der Waals surface area contributed by atoms with Crippen molar-refractivity contribution in [2.45, 2.75) is 51.5 Å². The first kappa shape index (κ1) is 29.9. The van der Waals surface area contributed by atoms with E-state index in [2.05, 4.69) is 39.0 Å². The summed E-state index contributed by atoms with van der Waals surface area (Å²) in [5.41, 5.74) is 1.97. The number of nitrogens with one attached hydrogen (secondary N) is 2. The van der Waals surface area contributed by atoms with E-state index in [1.54, 1.807) is 24.0 Å². The molecular weight excluding hydrogens is 528 g/mol. The van der Waals surface area contributed by atoms with Crippen LogP contribution >= 0.6 is 22.9 Å². The summed E-state index contributed by atoms with van der Waals surface area (Å²) in [5.74, 6) is 0.0671.